The number of hydrogen-bond donors (Lipinski definition) is 2. The Morgan fingerprint density at radius 3 is 2.83 bits per heavy atom. The van der Waals surface area contributed by atoms with E-state index < -0.39 is 0 Å². The van der Waals surface area contributed by atoms with Gasteiger partial charge in [0.1, 0.15) is 0 Å². The third-order valence-electron chi connectivity index (χ3n) is 1.57. The maximum atomic E-state index is 11.0. The van der Waals surface area contributed by atoms with Crippen LogP contribution in [0.3, 0.4) is 0 Å². The van der Waals surface area contributed by atoms with Crippen LogP contribution < -0.4 is 5.32 Å². The molecule has 0 saturated heterocycles. The van der Waals surface area contributed by atoms with E-state index in [-0.39, 0.29) is 18.6 Å². The molecule has 0 aromatic carbocycles. The molecular formula is C9H15NO2. The van der Waals surface area contributed by atoms with Crippen LogP contribution in [0.4, 0.5) is 0 Å². The number of aliphatic hydroxyl groups excluding tert-OH is 1. The Balaban J connectivity index is 3.60. The molecule has 2 N–H and O–H groups in total. The molecule has 0 aliphatic rings. The largest absolute Gasteiger partial charge is 0.394 e. The monoisotopic (exact) mass is 169 g/mol. The zero-order valence-electron chi connectivity index (χ0n) is 7.34. The molecule has 0 aliphatic carbocycles. The van der Waals surface area contributed by atoms with Crippen molar-refractivity contribution < 1.29 is 9.90 Å². The molecule has 0 bridgehead atoms. The Hall–Kier alpha value is -1.01. The van der Waals surface area contributed by atoms with Crippen LogP contribution in [0.2, 0.25) is 0 Å². The maximum absolute atomic E-state index is 11.0. The summed E-state index contributed by atoms with van der Waals surface area (Å²) >= 11 is 0. The standard InChI is InChI=1S/C9H15NO2/c1-3-5-6-9(12)10-8(4-2)7-11/h1,8,11H,4-7H2,2H3,(H,10,12). The summed E-state index contributed by atoms with van der Waals surface area (Å²) in [7, 11) is 0. The highest BCUT2D eigenvalue weighted by atomic mass is 16.3. The van der Waals surface area contributed by atoms with Crippen molar-refractivity contribution in [1.82, 2.24) is 5.32 Å². The predicted molar refractivity (Wildman–Crippen MR) is 47.4 cm³/mol. The van der Waals surface area contributed by atoms with Crippen molar-refractivity contribution in [2.45, 2.75) is 32.2 Å². The molecule has 0 aromatic rings. The number of rotatable bonds is 5. The van der Waals surface area contributed by atoms with E-state index in [1.807, 2.05) is 6.92 Å². The summed E-state index contributed by atoms with van der Waals surface area (Å²) in [6, 6.07) is -0.129. The Labute approximate surface area is 73.2 Å². The van der Waals surface area contributed by atoms with E-state index in [2.05, 4.69) is 11.2 Å². The van der Waals surface area contributed by atoms with Crippen molar-refractivity contribution in [3.8, 4) is 12.3 Å². The van der Waals surface area contributed by atoms with Gasteiger partial charge in [-0.1, -0.05) is 6.92 Å². The van der Waals surface area contributed by atoms with E-state index in [0.29, 0.717) is 12.8 Å². The van der Waals surface area contributed by atoms with Crippen molar-refractivity contribution in [2.24, 2.45) is 0 Å². The SMILES string of the molecule is C#CCCC(=O)NC(CC)CO. The third-order valence-corrected chi connectivity index (χ3v) is 1.57. The smallest absolute Gasteiger partial charge is 0.221 e. The quantitative estimate of drug-likeness (QED) is 0.581. The van der Waals surface area contributed by atoms with E-state index in [1.165, 1.54) is 0 Å². The zero-order chi connectivity index (χ0) is 9.40. The summed E-state index contributed by atoms with van der Waals surface area (Å²) < 4.78 is 0. The number of terminal acetylenes is 1. The number of hydrogen-bond acceptors (Lipinski definition) is 2. The van der Waals surface area contributed by atoms with Crippen molar-refractivity contribution in [3.63, 3.8) is 0 Å². The fourth-order valence-electron chi connectivity index (χ4n) is 0.762. The van der Waals surface area contributed by atoms with Gasteiger partial charge in [-0.2, -0.15) is 0 Å². The Morgan fingerprint density at radius 1 is 1.75 bits per heavy atom. The van der Waals surface area contributed by atoms with Crippen LogP contribution in [0, 0.1) is 12.3 Å². The first-order valence-electron chi connectivity index (χ1n) is 4.08. The van der Waals surface area contributed by atoms with Gasteiger partial charge in [-0.25, -0.2) is 0 Å². The van der Waals surface area contributed by atoms with Gasteiger partial charge in [0.25, 0.3) is 0 Å². The van der Waals surface area contributed by atoms with Gasteiger partial charge in [-0.05, 0) is 6.42 Å². The predicted octanol–water partition coefficient (Wildman–Crippen LogP) is 0.287. The molecule has 0 fully saturated rings. The minimum absolute atomic E-state index is 0.0156. The van der Waals surface area contributed by atoms with Crippen LogP contribution in [-0.2, 0) is 4.79 Å². The summed E-state index contributed by atoms with van der Waals surface area (Å²) in [4.78, 5) is 11.0. The van der Waals surface area contributed by atoms with Crippen LogP contribution in [0.5, 0.6) is 0 Å². The summed E-state index contributed by atoms with van der Waals surface area (Å²) in [5.41, 5.74) is 0. The molecule has 3 nitrogen and oxygen atoms in total. The van der Waals surface area contributed by atoms with Gasteiger partial charge in [0, 0.05) is 12.8 Å². The van der Waals surface area contributed by atoms with Crippen molar-refractivity contribution in [2.75, 3.05) is 6.61 Å². The average Bonchev–Trinajstić information content (AvgIpc) is 2.10. The van der Waals surface area contributed by atoms with Crippen molar-refractivity contribution in [3.05, 3.63) is 0 Å². The van der Waals surface area contributed by atoms with E-state index in [0.717, 1.165) is 6.42 Å². The number of nitrogens with one attached hydrogen (secondary N) is 1. The van der Waals surface area contributed by atoms with Crippen molar-refractivity contribution >= 4 is 5.91 Å². The Morgan fingerprint density at radius 2 is 2.42 bits per heavy atom. The molecule has 0 heterocycles. The van der Waals surface area contributed by atoms with Gasteiger partial charge in [-0.3, -0.25) is 4.79 Å². The molecule has 1 amide bonds. The molecule has 0 radical (unpaired) electrons. The lowest BCUT2D eigenvalue weighted by Crippen LogP contribution is -2.36. The molecule has 0 aromatic heterocycles. The lowest BCUT2D eigenvalue weighted by Gasteiger charge is -2.12. The number of carbonyl (C=O) groups excluding carboxylic acids is 1. The number of amides is 1. The van der Waals surface area contributed by atoms with Crippen LogP contribution in [-0.4, -0.2) is 23.7 Å². The fourth-order valence-corrected chi connectivity index (χ4v) is 0.762. The number of aliphatic hydroxyl groups is 1. The molecule has 0 aliphatic heterocycles. The van der Waals surface area contributed by atoms with Gasteiger partial charge >= 0.3 is 0 Å². The minimum Gasteiger partial charge on any atom is -0.394 e. The average molecular weight is 169 g/mol. The highest BCUT2D eigenvalue weighted by molar-refractivity contribution is 5.76. The van der Waals surface area contributed by atoms with Crippen LogP contribution in [0.15, 0.2) is 0 Å². The Bertz CT molecular complexity index is 168. The normalized spacial score (nSPS) is 11.8. The minimum atomic E-state index is -0.129. The first-order chi connectivity index (χ1) is 5.74. The lowest BCUT2D eigenvalue weighted by molar-refractivity contribution is -0.122. The second kappa shape index (κ2) is 6.68. The third kappa shape index (κ3) is 4.75. The summed E-state index contributed by atoms with van der Waals surface area (Å²) in [6.45, 7) is 1.89. The summed E-state index contributed by atoms with van der Waals surface area (Å²) in [5, 5.41) is 11.4. The second-order valence-electron chi connectivity index (χ2n) is 2.56. The highest BCUT2D eigenvalue weighted by Crippen LogP contribution is 1.92. The molecule has 3 heteroatoms. The van der Waals surface area contributed by atoms with Gasteiger partial charge < -0.3 is 10.4 Å². The molecule has 0 rings (SSSR count). The van der Waals surface area contributed by atoms with E-state index in [1.54, 1.807) is 0 Å². The number of carbonyl (C=O) groups is 1. The molecule has 68 valence electrons. The second-order valence-corrected chi connectivity index (χ2v) is 2.56. The topological polar surface area (TPSA) is 49.3 Å². The zero-order valence-corrected chi connectivity index (χ0v) is 7.34. The van der Waals surface area contributed by atoms with Crippen LogP contribution in [0.25, 0.3) is 0 Å². The van der Waals surface area contributed by atoms with Crippen LogP contribution >= 0.6 is 0 Å². The molecule has 0 spiro atoms. The summed E-state index contributed by atoms with van der Waals surface area (Å²) in [6.07, 6.45) is 6.52. The first-order valence-corrected chi connectivity index (χ1v) is 4.08. The maximum Gasteiger partial charge on any atom is 0.221 e. The van der Waals surface area contributed by atoms with Crippen molar-refractivity contribution in [1.29, 1.82) is 0 Å². The highest BCUT2D eigenvalue weighted by Gasteiger charge is 2.07. The molecular weight excluding hydrogens is 154 g/mol. The molecule has 12 heavy (non-hydrogen) atoms. The molecule has 1 atom stereocenters. The molecule has 1 unspecified atom stereocenters. The van der Waals surface area contributed by atoms with Gasteiger partial charge in [0.15, 0.2) is 0 Å². The van der Waals surface area contributed by atoms with E-state index in [9.17, 15) is 4.79 Å². The first kappa shape index (κ1) is 11.0. The van der Waals surface area contributed by atoms with Gasteiger partial charge in [-0.15, -0.1) is 12.3 Å². The Kier molecular flexibility index (Phi) is 6.12. The van der Waals surface area contributed by atoms with E-state index >= 15 is 0 Å². The summed E-state index contributed by atoms with van der Waals surface area (Å²) in [5.74, 6) is 2.30. The van der Waals surface area contributed by atoms with Gasteiger partial charge in [0.2, 0.25) is 5.91 Å². The van der Waals surface area contributed by atoms with E-state index in [4.69, 9.17) is 11.5 Å². The van der Waals surface area contributed by atoms with Gasteiger partial charge in [0.05, 0.1) is 12.6 Å². The lowest BCUT2D eigenvalue weighted by atomic mass is 10.2. The fraction of sp³-hybridized carbons (Fsp3) is 0.667. The molecule has 0 saturated carbocycles. The van der Waals surface area contributed by atoms with Crippen LogP contribution in [0.1, 0.15) is 26.2 Å².